The van der Waals surface area contributed by atoms with Gasteiger partial charge in [-0.1, -0.05) is 35.9 Å². The van der Waals surface area contributed by atoms with E-state index < -0.39 is 17.8 Å². The van der Waals surface area contributed by atoms with Crippen molar-refractivity contribution in [1.82, 2.24) is 9.80 Å². The molecule has 1 fully saturated rings. The molecule has 0 aliphatic carbocycles. The molecule has 1 saturated heterocycles. The Morgan fingerprint density at radius 2 is 1.58 bits per heavy atom. The van der Waals surface area contributed by atoms with Crippen LogP contribution in [0, 0.1) is 0 Å². The fraction of sp³-hybridized carbons (Fsp3) is 0.0833. The van der Waals surface area contributed by atoms with Crippen LogP contribution in [0.5, 0.6) is 11.5 Å². The number of para-hydroxylation sites is 1. The Hall–Kier alpha value is -4.17. The van der Waals surface area contributed by atoms with Crippen molar-refractivity contribution in [2.24, 2.45) is 0 Å². The first-order chi connectivity index (χ1) is 15.8. The maximum atomic E-state index is 12.6. The number of hydrogen-bond acceptors (Lipinski definition) is 5. The number of halogens is 1. The monoisotopic (exact) mass is 463 g/mol. The number of nitrogens with zero attached hydrogens (tertiary/aromatic N) is 2. The van der Waals surface area contributed by atoms with Crippen LogP contribution in [0.2, 0.25) is 5.02 Å². The summed E-state index contributed by atoms with van der Waals surface area (Å²) in [7, 11) is 1.26. The van der Waals surface area contributed by atoms with Crippen molar-refractivity contribution in [3.8, 4) is 11.5 Å². The van der Waals surface area contributed by atoms with E-state index in [4.69, 9.17) is 16.3 Å². The van der Waals surface area contributed by atoms with Gasteiger partial charge in [-0.05, 0) is 54.1 Å². The lowest BCUT2D eigenvalue weighted by Crippen LogP contribution is -2.31. The summed E-state index contributed by atoms with van der Waals surface area (Å²) < 4.78 is 5.73. The third kappa shape index (κ3) is 4.70. The first kappa shape index (κ1) is 22.0. The zero-order valence-corrected chi connectivity index (χ0v) is 18.2. The van der Waals surface area contributed by atoms with Crippen LogP contribution < -0.4 is 10.1 Å². The number of carbonyl (C=O) groups excluding carboxylic acids is 4. The first-order valence-electron chi connectivity index (χ1n) is 9.90. The molecular weight excluding hydrogens is 446 g/mol. The van der Waals surface area contributed by atoms with Gasteiger partial charge in [0.15, 0.2) is 0 Å². The van der Waals surface area contributed by atoms with Crippen LogP contribution in [0.1, 0.15) is 15.9 Å². The topological polar surface area (TPSA) is 96.0 Å². The molecule has 9 heteroatoms. The van der Waals surface area contributed by atoms with Crippen LogP contribution in [-0.4, -0.2) is 40.6 Å². The maximum Gasteiger partial charge on any atom is 0.334 e. The number of likely N-dealkylation sites (N-methyl/N-ethyl adjacent to an activating group) is 1. The third-order valence-electron chi connectivity index (χ3n) is 4.98. The molecule has 0 atom stereocenters. The van der Waals surface area contributed by atoms with E-state index in [1.54, 1.807) is 60.7 Å². The van der Waals surface area contributed by atoms with E-state index in [0.717, 1.165) is 9.80 Å². The summed E-state index contributed by atoms with van der Waals surface area (Å²) in [5.74, 6) is -0.958. The van der Waals surface area contributed by atoms with Crippen molar-refractivity contribution >= 4 is 41.0 Å². The summed E-state index contributed by atoms with van der Waals surface area (Å²) in [5.41, 5.74) is 1.57. The quantitative estimate of drug-likeness (QED) is 0.434. The summed E-state index contributed by atoms with van der Waals surface area (Å²) in [6.45, 7) is -0.0530. The van der Waals surface area contributed by atoms with Crippen molar-refractivity contribution in [2.75, 3.05) is 12.4 Å². The van der Waals surface area contributed by atoms with Crippen molar-refractivity contribution in [3.05, 3.63) is 88.9 Å². The van der Waals surface area contributed by atoms with Crippen molar-refractivity contribution in [3.63, 3.8) is 0 Å². The summed E-state index contributed by atoms with van der Waals surface area (Å²) in [6, 6.07) is 19.7. The van der Waals surface area contributed by atoms with Crippen LogP contribution in [0.4, 0.5) is 10.5 Å². The van der Waals surface area contributed by atoms with Gasteiger partial charge in [0.1, 0.15) is 11.5 Å². The van der Waals surface area contributed by atoms with Crippen LogP contribution in [0.25, 0.3) is 0 Å². The lowest BCUT2D eigenvalue weighted by molar-refractivity contribution is -0.143. The average molecular weight is 464 g/mol. The number of hydrogen-bond donors (Lipinski definition) is 1. The van der Waals surface area contributed by atoms with Crippen molar-refractivity contribution in [2.45, 2.75) is 6.54 Å². The summed E-state index contributed by atoms with van der Waals surface area (Å²) in [6.07, 6.45) is 0. The van der Waals surface area contributed by atoms with Gasteiger partial charge in [-0.2, -0.15) is 0 Å². The molecule has 0 saturated carbocycles. The molecule has 166 valence electrons. The number of nitrogens with one attached hydrogen (secondary N) is 1. The molecule has 0 unspecified atom stereocenters. The van der Waals surface area contributed by atoms with Crippen molar-refractivity contribution in [1.29, 1.82) is 0 Å². The zero-order chi connectivity index (χ0) is 23.5. The molecule has 0 bridgehead atoms. The SMILES string of the molecule is CN1C(=O)C(=O)N(Cc2ccc(C(=O)Nc3ccc(Oc4ccccc4Cl)cc3)cc2)C1=O. The molecule has 1 N–H and O–H groups in total. The molecule has 0 spiro atoms. The third-order valence-corrected chi connectivity index (χ3v) is 5.30. The lowest BCUT2D eigenvalue weighted by atomic mass is 10.1. The van der Waals surface area contributed by atoms with Gasteiger partial charge in [0.05, 0.1) is 11.6 Å². The lowest BCUT2D eigenvalue weighted by Gasteiger charge is -2.13. The number of carbonyl (C=O) groups is 4. The minimum atomic E-state index is -0.869. The Kier molecular flexibility index (Phi) is 6.10. The molecule has 0 radical (unpaired) electrons. The second-order valence-electron chi connectivity index (χ2n) is 7.25. The number of rotatable bonds is 6. The number of ether oxygens (including phenoxy) is 1. The molecule has 4 rings (SSSR count). The van der Waals surface area contributed by atoms with E-state index in [0.29, 0.717) is 33.3 Å². The molecule has 5 amide bonds. The van der Waals surface area contributed by atoms with Gasteiger partial charge in [-0.15, -0.1) is 0 Å². The fourth-order valence-electron chi connectivity index (χ4n) is 3.16. The predicted octanol–water partition coefficient (Wildman–Crippen LogP) is 4.31. The zero-order valence-electron chi connectivity index (χ0n) is 17.4. The Bertz CT molecular complexity index is 1240. The van der Waals surface area contributed by atoms with Gasteiger partial charge in [0, 0.05) is 18.3 Å². The Labute approximate surface area is 194 Å². The van der Waals surface area contributed by atoms with E-state index in [2.05, 4.69) is 5.32 Å². The summed E-state index contributed by atoms with van der Waals surface area (Å²) in [5, 5.41) is 3.28. The molecule has 3 aromatic carbocycles. The van der Waals surface area contributed by atoms with E-state index in [1.165, 1.54) is 7.05 Å². The molecule has 3 aromatic rings. The van der Waals surface area contributed by atoms with E-state index in [1.807, 2.05) is 12.1 Å². The Morgan fingerprint density at radius 1 is 0.909 bits per heavy atom. The van der Waals surface area contributed by atoms with Gasteiger partial charge in [-0.25, -0.2) is 4.79 Å². The predicted molar refractivity (Wildman–Crippen MR) is 121 cm³/mol. The minimum absolute atomic E-state index is 0.0530. The highest BCUT2D eigenvalue weighted by molar-refractivity contribution is 6.44. The number of imide groups is 2. The fourth-order valence-corrected chi connectivity index (χ4v) is 3.34. The molecule has 0 aromatic heterocycles. The number of amides is 5. The minimum Gasteiger partial charge on any atom is -0.456 e. The molecule has 1 aliphatic rings. The van der Waals surface area contributed by atoms with Crippen LogP contribution in [0.3, 0.4) is 0 Å². The van der Waals surface area contributed by atoms with Crippen LogP contribution >= 0.6 is 11.6 Å². The van der Waals surface area contributed by atoms with Crippen molar-refractivity contribution < 1.29 is 23.9 Å². The molecule has 8 nitrogen and oxygen atoms in total. The summed E-state index contributed by atoms with van der Waals surface area (Å²) >= 11 is 6.09. The van der Waals surface area contributed by atoms with Gasteiger partial charge in [0.2, 0.25) is 0 Å². The van der Waals surface area contributed by atoms with E-state index in [-0.39, 0.29) is 12.5 Å². The average Bonchev–Trinajstić information content (AvgIpc) is 3.00. The van der Waals surface area contributed by atoms with Crippen LogP contribution in [-0.2, 0) is 16.1 Å². The summed E-state index contributed by atoms with van der Waals surface area (Å²) in [4.78, 5) is 49.7. The standard InChI is InChI=1S/C24H18ClN3O5/c1-27-22(30)23(31)28(24(27)32)14-15-6-8-16(9-7-15)21(29)26-17-10-12-18(13-11-17)33-20-5-3-2-4-19(20)25/h2-13H,14H2,1H3,(H,26,29). The van der Waals surface area contributed by atoms with E-state index >= 15 is 0 Å². The Balaban J connectivity index is 1.37. The van der Waals surface area contributed by atoms with E-state index in [9.17, 15) is 19.2 Å². The second kappa shape index (κ2) is 9.13. The first-order valence-corrected chi connectivity index (χ1v) is 10.3. The highest BCUT2D eigenvalue weighted by Crippen LogP contribution is 2.29. The number of benzene rings is 3. The normalized spacial score (nSPS) is 13.5. The van der Waals surface area contributed by atoms with Gasteiger partial charge >= 0.3 is 17.8 Å². The highest BCUT2D eigenvalue weighted by atomic mass is 35.5. The van der Waals surface area contributed by atoms with Gasteiger partial charge < -0.3 is 10.1 Å². The highest BCUT2D eigenvalue weighted by Gasteiger charge is 2.41. The molecule has 1 aliphatic heterocycles. The maximum absolute atomic E-state index is 12.6. The van der Waals surface area contributed by atoms with Crippen LogP contribution in [0.15, 0.2) is 72.8 Å². The molecule has 33 heavy (non-hydrogen) atoms. The number of anilines is 1. The molecular formula is C24H18ClN3O5. The molecule has 1 heterocycles. The second-order valence-corrected chi connectivity index (χ2v) is 7.65. The smallest absolute Gasteiger partial charge is 0.334 e. The number of urea groups is 1. The van der Waals surface area contributed by atoms with Gasteiger partial charge in [0.25, 0.3) is 5.91 Å². The van der Waals surface area contributed by atoms with Gasteiger partial charge in [-0.3, -0.25) is 24.2 Å². The Morgan fingerprint density at radius 3 is 2.18 bits per heavy atom. The largest absolute Gasteiger partial charge is 0.456 e.